The number of nitrogens with one attached hydrogen (secondary N) is 2. The average Bonchev–Trinajstić information content (AvgIpc) is 2.59. The average molecular weight is 354 g/mol. The molecule has 0 saturated carbocycles. The lowest BCUT2D eigenvalue weighted by molar-refractivity contribution is 0.0963. The number of carbonyl (C=O) groups excluding carboxylic acids is 1. The van der Waals surface area contributed by atoms with Gasteiger partial charge in [0.25, 0.3) is 5.91 Å². The summed E-state index contributed by atoms with van der Waals surface area (Å²) < 4.78 is 48.8. The number of para-hydroxylation sites is 1. The van der Waals surface area contributed by atoms with Gasteiger partial charge in [0, 0.05) is 19.2 Å². The maximum atomic E-state index is 12.7. The standard InChI is InChI=1S/C16H16F2N2O3S/c1-19-15(21)12-8-6-11(7-9-12)10-20-13-4-2-3-5-14(13)24(22,23)16(17)18/h2-9,16,20H,10H2,1H3,(H,19,21). The molecule has 0 spiro atoms. The molecule has 0 bridgehead atoms. The molecule has 0 unspecified atom stereocenters. The van der Waals surface area contributed by atoms with Crippen LogP contribution in [-0.4, -0.2) is 27.1 Å². The number of halogens is 2. The molecule has 8 heteroatoms. The fraction of sp³-hybridized carbons (Fsp3) is 0.188. The molecule has 0 saturated heterocycles. The van der Waals surface area contributed by atoms with Crippen molar-refractivity contribution in [3.63, 3.8) is 0 Å². The van der Waals surface area contributed by atoms with Gasteiger partial charge in [0.2, 0.25) is 9.84 Å². The number of anilines is 1. The molecule has 1 amide bonds. The summed E-state index contributed by atoms with van der Waals surface area (Å²) >= 11 is 0. The van der Waals surface area contributed by atoms with E-state index in [1.807, 2.05) is 0 Å². The second-order valence-electron chi connectivity index (χ2n) is 4.93. The number of carbonyl (C=O) groups is 1. The van der Waals surface area contributed by atoms with Gasteiger partial charge in [-0.15, -0.1) is 0 Å². The Balaban J connectivity index is 2.17. The van der Waals surface area contributed by atoms with Crippen LogP contribution in [0.1, 0.15) is 15.9 Å². The van der Waals surface area contributed by atoms with Crippen LogP contribution in [0.5, 0.6) is 0 Å². The first kappa shape index (κ1) is 17.9. The summed E-state index contributed by atoms with van der Waals surface area (Å²) in [6.07, 6.45) is 0. The molecule has 128 valence electrons. The van der Waals surface area contributed by atoms with Gasteiger partial charge in [-0.2, -0.15) is 8.78 Å². The Hall–Kier alpha value is -2.48. The molecule has 0 radical (unpaired) electrons. The molecule has 0 aliphatic carbocycles. The molecule has 2 aromatic carbocycles. The highest BCUT2D eigenvalue weighted by Gasteiger charge is 2.28. The monoisotopic (exact) mass is 354 g/mol. The quantitative estimate of drug-likeness (QED) is 0.836. The summed E-state index contributed by atoms with van der Waals surface area (Å²) in [6, 6.07) is 12.1. The van der Waals surface area contributed by atoms with E-state index in [-0.39, 0.29) is 18.1 Å². The third kappa shape index (κ3) is 3.88. The van der Waals surface area contributed by atoms with Crippen molar-refractivity contribution in [1.82, 2.24) is 5.32 Å². The van der Waals surface area contributed by atoms with E-state index in [1.54, 1.807) is 30.3 Å². The van der Waals surface area contributed by atoms with E-state index in [2.05, 4.69) is 10.6 Å². The van der Waals surface area contributed by atoms with Crippen molar-refractivity contribution in [2.45, 2.75) is 17.2 Å². The molecule has 0 heterocycles. The van der Waals surface area contributed by atoms with Crippen molar-refractivity contribution < 1.29 is 22.0 Å². The summed E-state index contributed by atoms with van der Waals surface area (Å²) in [6.45, 7) is 0.226. The maximum Gasteiger partial charge on any atom is 0.341 e. The van der Waals surface area contributed by atoms with Crippen LogP contribution in [0.4, 0.5) is 14.5 Å². The van der Waals surface area contributed by atoms with Crippen molar-refractivity contribution in [3.8, 4) is 0 Å². The second-order valence-corrected chi connectivity index (χ2v) is 6.82. The van der Waals surface area contributed by atoms with E-state index in [9.17, 15) is 22.0 Å². The van der Waals surface area contributed by atoms with Gasteiger partial charge in [0.05, 0.1) is 10.6 Å². The van der Waals surface area contributed by atoms with Gasteiger partial charge >= 0.3 is 5.76 Å². The van der Waals surface area contributed by atoms with Crippen LogP contribution in [0.2, 0.25) is 0 Å². The van der Waals surface area contributed by atoms with Crippen molar-refractivity contribution in [2.24, 2.45) is 0 Å². The number of rotatable bonds is 6. The first-order valence-corrected chi connectivity index (χ1v) is 8.57. The maximum absolute atomic E-state index is 12.7. The lowest BCUT2D eigenvalue weighted by atomic mass is 10.1. The topological polar surface area (TPSA) is 75.3 Å². The van der Waals surface area contributed by atoms with Crippen molar-refractivity contribution >= 4 is 21.4 Å². The van der Waals surface area contributed by atoms with Gasteiger partial charge in [-0.3, -0.25) is 4.79 Å². The fourth-order valence-corrected chi connectivity index (χ4v) is 2.98. The SMILES string of the molecule is CNC(=O)c1ccc(CNc2ccccc2S(=O)(=O)C(F)F)cc1. The normalized spacial score (nSPS) is 11.3. The molecule has 2 aromatic rings. The molecule has 0 fully saturated rings. The van der Waals surface area contributed by atoms with Crippen molar-refractivity contribution in [1.29, 1.82) is 0 Å². The Bertz CT molecular complexity index is 821. The Morgan fingerprint density at radius 3 is 2.29 bits per heavy atom. The Kier molecular flexibility index (Phi) is 5.50. The lowest BCUT2D eigenvalue weighted by Crippen LogP contribution is -2.17. The Morgan fingerprint density at radius 2 is 1.71 bits per heavy atom. The van der Waals surface area contributed by atoms with Gasteiger partial charge in [-0.25, -0.2) is 8.42 Å². The van der Waals surface area contributed by atoms with E-state index >= 15 is 0 Å². The zero-order chi connectivity index (χ0) is 17.7. The molecule has 0 atom stereocenters. The van der Waals surface area contributed by atoms with Gasteiger partial charge in [0.15, 0.2) is 0 Å². The summed E-state index contributed by atoms with van der Waals surface area (Å²) in [5.41, 5.74) is 1.36. The smallest absolute Gasteiger partial charge is 0.341 e. The molecule has 2 rings (SSSR count). The van der Waals surface area contributed by atoms with Crippen LogP contribution in [-0.2, 0) is 16.4 Å². The number of benzene rings is 2. The molecule has 5 nitrogen and oxygen atoms in total. The number of sulfone groups is 1. The van der Waals surface area contributed by atoms with Gasteiger partial charge in [-0.05, 0) is 29.8 Å². The van der Waals surface area contributed by atoms with E-state index < -0.39 is 20.5 Å². The minimum absolute atomic E-state index is 0.105. The minimum atomic E-state index is -4.68. The zero-order valence-electron chi connectivity index (χ0n) is 12.8. The van der Waals surface area contributed by atoms with Crippen LogP contribution >= 0.6 is 0 Å². The van der Waals surface area contributed by atoms with E-state index in [1.165, 1.54) is 19.2 Å². The lowest BCUT2D eigenvalue weighted by Gasteiger charge is -2.12. The van der Waals surface area contributed by atoms with E-state index in [4.69, 9.17) is 0 Å². The summed E-state index contributed by atoms with van der Waals surface area (Å²) in [5.74, 6) is -3.70. The summed E-state index contributed by atoms with van der Waals surface area (Å²) in [7, 11) is -3.16. The number of alkyl halides is 2. The van der Waals surface area contributed by atoms with Gasteiger partial charge in [-0.1, -0.05) is 24.3 Å². The van der Waals surface area contributed by atoms with E-state index in [0.717, 1.165) is 11.6 Å². The summed E-state index contributed by atoms with van der Waals surface area (Å²) in [5, 5.41) is 5.34. The van der Waals surface area contributed by atoms with Crippen molar-refractivity contribution in [3.05, 3.63) is 59.7 Å². The molecule has 2 N–H and O–H groups in total. The fourth-order valence-electron chi connectivity index (χ4n) is 2.07. The van der Waals surface area contributed by atoms with Crippen LogP contribution in [0.25, 0.3) is 0 Å². The highest BCUT2D eigenvalue weighted by Crippen LogP contribution is 2.26. The highest BCUT2D eigenvalue weighted by molar-refractivity contribution is 7.91. The predicted octanol–water partition coefficient (Wildman–Crippen LogP) is 2.65. The molecule has 0 aliphatic rings. The van der Waals surface area contributed by atoms with Gasteiger partial charge in [0.1, 0.15) is 0 Å². The zero-order valence-corrected chi connectivity index (χ0v) is 13.6. The Morgan fingerprint density at radius 1 is 1.08 bits per heavy atom. The third-order valence-corrected chi connectivity index (χ3v) is 4.79. The van der Waals surface area contributed by atoms with Crippen LogP contribution < -0.4 is 10.6 Å². The number of hydrogen-bond acceptors (Lipinski definition) is 4. The van der Waals surface area contributed by atoms with Crippen molar-refractivity contribution in [2.75, 3.05) is 12.4 Å². The molecule has 0 aliphatic heterocycles. The predicted molar refractivity (Wildman–Crippen MR) is 86.8 cm³/mol. The first-order valence-electron chi connectivity index (χ1n) is 7.02. The summed E-state index contributed by atoms with van der Waals surface area (Å²) in [4.78, 5) is 11.0. The van der Waals surface area contributed by atoms with Crippen LogP contribution in [0.15, 0.2) is 53.4 Å². The minimum Gasteiger partial charge on any atom is -0.380 e. The third-order valence-electron chi connectivity index (χ3n) is 3.35. The van der Waals surface area contributed by atoms with E-state index in [0.29, 0.717) is 5.56 Å². The highest BCUT2D eigenvalue weighted by atomic mass is 32.2. The van der Waals surface area contributed by atoms with Gasteiger partial charge < -0.3 is 10.6 Å². The molecular weight excluding hydrogens is 338 g/mol. The molecule has 24 heavy (non-hydrogen) atoms. The second kappa shape index (κ2) is 7.39. The number of amides is 1. The van der Waals surface area contributed by atoms with Crippen LogP contribution in [0, 0.1) is 0 Å². The molecule has 0 aromatic heterocycles. The largest absolute Gasteiger partial charge is 0.380 e. The first-order chi connectivity index (χ1) is 11.4. The molecular formula is C16H16F2N2O3S. The Labute approximate surface area is 138 Å². The number of hydrogen-bond donors (Lipinski definition) is 2. The van der Waals surface area contributed by atoms with Crippen LogP contribution in [0.3, 0.4) is 0 Å².